The van der Waals surface area contributed by atoms with Crippen LogP contribution in [0.2, 0.25) is 0 Å². The number of benzene rings is 1. The molecule has 0 unspecified atom stereocenters. The predicted octanol–water partition coefficient (Wildman–Crippen LogP) is 4.05. The summed E-state index contributed by atoms with van der Waals surface area (Å²) in [6.45, 7) is 6.21. The minimum Gasteiger partial charge on any atom is -0.507 e. The highest BCUT2D eigenvalue weighted by molar-refractivity contribution is 9.10. The summed E-state index contributed by atoms with van der Waals surface area (Å²) in [6.07, 6.45) is 3.88. The Kier molecular flexibility index (Phi) is 7.96. The summed E-state index contributed by atoms with van der Waals surface area (Å²) in [5.41, 5.74) is 2.07. The van der Waals surface area contributed by atoms with Crippen LogP contribution in [0.1, 0.15) is 36.4 Å². The number of phenolic OH excluding ortho intramolecular Hbond substituents is 1. The van der Waals surface area contributed by atoms with Gasteiger partial charge in [-0.3, -0.25) is 4.90 Å². The molecule has 1 aliphatic carbocycles. The summed E-state index contributed by atoms with van der Waals surface area (Å²) in [6, 6.07) is 4.40. The second kappa shape index (κ2) is 8.74. The van der Waals surface area contributed by atoms with Crippen molar-refractivity contribution >= 4 is 40.7 Å². The van der Waals surface area contributed by atoms with Crippen LogP contribution in [0.3, 0.4) is 0 Å². The summed E-state index contributed by atoms with van der Waals surface area (Å²) < 4.78 is 1.05. The first-order valence-corrected chi connectivity index (χ1v) is 8.39. The first-order chi connectivity index (χ1) is 9.66. The van der Waals surface area contributed by atoms with Crippen LogP contribution in [0.5, 0.6) is 5.75 Å². The van der Waals surface area contributed by atoms with Crippen LogP contribution in [0.25, 0.3) is 0 Å². The number of piperazine rings is 1. The molecular formula is C16H25BrCl2N2O. The van der Waals surface area contributed by atoms with Crippen LogP contribution >= 0.6 is 40.7 Å². The van der Waals surface area contributed by atoms with Gasteiger partial charge in [-0.1, -0.05) is 34.8 Å². The summed E-state index contributed by atoms with van der Waals surface area (Å²) in [5.74, 6) is 1.32. The van der Waals surface area contributed by atoms with Gasteiger partial charge in [0.1, 0.15) is 5.75 Å². The maximum absolute atomic E-state index is 10.5. The van der Waals surface area contributed by atoms with Crippen LogP contribution in [-0.4, -0.2) is 36.2 Å². The van der Waals surface area contributed by atoms with E-state index in [1.165, 1.54) is 19.3 Å². The van der Waals surface area contributed by atoms with Gasteiger partial charge in [-0.25, -0.2) is 0 Å². The van der Waals surface area contributed by atoms with Crippen molar-refractivity contribution in [2.75, 3.05) is 26.2 Å². The highest BCUT2D eigenvalue weighted by Gasteiger charge is 2.33. The van der Waals surface area contributed by atoms with Gasteiger partial charge < -0.3 is 10.4 Å². The molecule has 0 spiro atoms. The Morgan fingerprint density at radius 2 is 1.91 bits per heavy atom. The van der Waals surface area contributed by atoms with E-state index >= 15 is 0 Å². The van der Waals surface area contributed by atoms with Crippen molar-refractivity contribution in [2.24, 2.45) is 5.92 Å². The normalized spacial score (nSPS) is 19.9. The smallest absolute Gasteiger partial charge is 0.124 e. The number of hydrogen-bond acceptors (Lipinski definition) is 3. The molecule has 0 aromatic heterocycles. The number of aryl methyl sites for hydroxylation is 1. The molecule has 3 nitrogen and oxygen atoms in total. The Morgan fingerprint density at radius 3 is 2.50 bits per heavy atom. The second-order valence-corrected chi connectivity index (χ2v) is 6.96. The molecule has 2 N–H and O–H groups in total. The van der Waals surface area contributed by atoms with Crippen LogP contribution in [0, 0.1) is 12.8 Å². The lowest BCUT2D eigenvalue weighted by molar-refractivity contribution is 0.157. The van der Waals surface area contributed by atoms with Crippen molar-refractivity contribution in [3.8, 4) is 5.75 Å². The second-order valence-electron chi connectivity index (χ2n) is 6.11. The first kappa shape index (κ1) is 20.0. The fourth-order valence-electron chi connectivity index (χ4n) is 3.12. The third-order valence-electron chi connectivity index (χ3n) is 4.54. The summed E-state index contributed by atoms with van der Waals surface area (Å²) >= 11 is 3.66. The molecule has 0 bridgehead atoms. The zero-order valence-electron chi connectivity index (χ0n) is 12.8. The van der Waals surface area contributed by atoms with Crippen molar-refractivity contribution in [3.63, 3.8) is 0 Å². The van der Waals surface area contributed by atoms with Gasteiger partial charge in [-0.2, -0.15) is 0 Å². The first-order valence-electron chi connectivity index (χ1n) is 7.59. The van der Waals surface area contributed by atoms with E-state index in [2.05, 4.69) is 32.2 Å². The molecule has 126 valence electrons. The largest absolute Gasteiger partial charge is 0.507 e. The Labute approximate surface area is 153 Å². The number of hydrogen-bond donors (Lipinski definition) is 2. The molecule has 0 amide bonds. The van der Waals surface area contributed by atoms with Crippen molar-refractivity contribution in [1.29, 1.82) is 0 Å². The Bertz CT molecular complexity index is 491. The quantitative estimate of drug-likeness (QED) is 0.784. The van der Waals surface area contributed by atoms with Gasteiger partial charge in [-0.05, 0) is 30.9 Å². The molecule has 1 heterocycles. The van der Waals surface area contributed by atoms with E-state index in [0.717, 1.165) is 47.7 Å². The van der Waals surface area contributed by atoms with Crippen molar-refractivity contribution < 1.29 is 5.11 Å². The van der Waals surface area contributed by atoms with Gasteiger partial charge in [0.15, 0.2) is 0 Å². The third-order valence-corrected chi connectivity index (χ3v) is 5.24. The average molecular weight is 412 g/mol. The molecule has 22 heavy (non-hydrogen) atoms. The number of halogens is 3. The molecule has 3 rings (SSSR count). The van der Waals surface area contributed by atoms with E-state index in [9.17, 15) is 5.11 Å². The lowest BCUT2D eigenvalue weighted by atomic mass is 9.96. The van der Waals surface area contributed by atoms with Crippen LogP contribution in [0.4, 0.5) is 0 Å². The number of aromatic hydroxyl groups is 1. The van der Waals surface area contributed by atoms with E-state index in [4.69, 9.17) is 0 Å². The summed E-state index contributed by atoms with van der Waals surface area (Å²) in [5, 5.41) is 14.0. The van der Waals surface area contributed by atoms with Crippen LogP contribution in [0.15, 0.2) is 16.6 Å². The number of phenols is 1. The van der Waals surface area contributed by atoms with Gasteiger partial charge in [0.05, 0.1) is 0 Å². The van der Waals surface area contributed by atoms with E-state index in [0.29, 0.717) is 11.8 Å². The monoisotopic (exact) mass is 410 g/mol. The molecule has 2 aliphatic rings. The maximum Gasteiger partial charge on any atom is 0.124 e. The molecule has 1 saturated carbocycles. The minimum atomic E-state index is 0. The average Bonchev–Trinajstić information content (AvgIpc) is 3.27. The van der Waals surface area contributed by atoms with Gasteiger partial charge in [0, 0.05) is 42.3 Å². The standard InChI is InChI=1S/C16H23BrN2O.2ClH/c1-11-2-5-13(17)15(16(11)20)14(10-12-3-4-12)19-8-6-18-7-9-19;;/h2,5,12,14,18,20H,3-4,6-10H2,1H3;2*1H/t14-;;/m1../s1. The highest BCUT2D eigenvalue weighted by Crippen LogP contribution is 2.45. The van der Waals surface area contributed by atoms with Crippen LogP contribution < -0.4 is 5.32 Å². The van der Waals surface area contributed by atoms with Gasteiger partial charge in [0.25, 0.3) is 0 Å². The number of nitrogens with one attached hydrogen (secondary N) is 1. The summed E-state index contributed by atoms with van der Waals surface area (Å²) in [4.78, 5) is 2.54. The zero-order chi connectivity index (χ0) is 14.1. The third kappa shape index (κ3) is 4.51. The number of rotatable bonds is 4. The molecule has 1 aromatic carbocycles. The maximum atomic E-state index is 10.5. The lowest BCUT2D eigenvalue weighted by Gasteiger charge is -2.36. The molecule has 6 heteroatoms. The minimum absolute atomic E-state index is 0. The highest BCUT2D eigenvalue weighted by atomic mass is 79.9. The van der Waals surface area contributed by atoms with E-state index in [-0.39, 0.29) is 24.8 Å². The Morgan fingerprint density at radius 1 is 1.27 bits per heavy atom. The summed E-state index contributed by atoms with van der Waals surface area (Å²) in [7, 11) is 0. The topological polar surface area (TPSA) is 35.5 Å². The van der Waals surface area contributed by atoms with Crippen LogP contribution in [-0.2, 0) is 0 Å². The molecule has 0 radical (unpaired) electrons. The van der Waals surface area contributed by atoms with E-state index in [1.807, 2.05) is 13.0 Å². The zero-order valence-corrected chi connectivity index (χ0v) is 16.1. The Balaban J connectivity index is 0.00000121. The molecule has 1 aromatic rings. The molecular weight excluding hydrogens is 387 g/mol. The molecule has 2 fully saturated rings. The van der Waals surface area contributed by atoms with Gasteiger partial charge >= 0.3 is 0 Å². The van der Waals surface area contributed by atoms with Crippen molar-refractivity contribution in [2.45, 2.75) is 32.2 Å². The fourth-order valence-corrected chi connectivity index (χ4v) is 3.71. The molecule has 1 saturated heterocycles. The lowest BCUT2D eigenvalue weighted by Crippen LogP contribution is -2.45. The Hall–Kier alpha value is -0.000000000000000111. The number of nitrogens with zero attached hydrogens (tertiary/aromatic N) is 1. The fraction of sp³-hybridized carbons (Fsp3) is 0.625. The van der Waals surface area contributed by atoms with Gasteiger partial charge in [-0.15, -0.1) is 24.8 Å². The van der Waals surface area contributed by atoms with Crippen molar-refractivity contribution in [3.05, 3.63) is 27.7 Å². The van der Waals surface area contributed by atoms with E-state index < -0.39 is 0 Å². The predicted molar refractivity (Wildman–Crippen MR) is 99.6 cm³/mol. The van der Waals surface area contributed by atoms with Crippen molar-refractivity contribution in [1.82, 2.24) is 10.2 Å². The molecule has 1 atom stereocenters. The van der Waals surface area contributed by atoms with Gasteiger partial charge in [0.2, 0.25) is 0 Å². The SMILES string of the molecule is Cc1ccc(Br)c([C@@H](CC2CC2)N2CCNCC2)c1O.Cl.Cl. The van der Waals surface area contributed by atoms with E-state index in [1.54, 1.807) is 0 Å². The molecule has 1 aliphatic heterocycles.